The molecule has 1 aromatic carbocycles. The number of hydrogen-bond donors (Lipinski definition) is 1. The molecule has 1 heterocycles. The van der Waals surface area contributed by atoms with Crippen LogP contribution in [0.3, 0.4) is 0 Å². The van der Waals surface area contributed by atoms with Crippen molar-refractivity contribution in [1.29, 1.82) is 0 Å². The predicted octanol–water partition coefficient (Wildman–Crippen LogP) is 3.55. The molecule has 0 spiro atoms. The van der Waals surface area contributed by atoms with E-state index in [1.54, 1.807) is 12.1 Å². The molecule has 2 aromatic rings. The number of nitrogens with zero attached hydrogens (tertiary/aromatic N) is 1. The molecule has 0 amide bonds. The van der Waals surface area contributed by atoms with Crippen molar-refractivity contribution in [2.75, 3.05) is 18.0 Å². The normalized spacial score (nSPS) is 10.8. The lowest BCUT2D eigenvalue weighted by molar-refractivity contribution is 0.446. The molecule has 4 heteroatoms. The number of benzene rings is 1. The average molecular weight is 276 g/mol. The van der Waals surface area contributed by atoms with Crippen molar-refractivity contribution in [1.82, 2.24) is 5.32 Å². The SMILES string of the molecule is CCNCc1ccc(CN(CC)c2ccc(F)cc2)o1. The zero-order chi connectivity index (χ0) is 14.4. The summed E-state index contributed by atoms with van der Waals surface area (Å²) < 4.78 is 18.7. The molecule has 3 nitrogen and oxygen atoms in total. The van der Waals surface area contributed by atoms with Crippen molar-refractivity contribution in [3.8, 4) is 0 Å². The van der Waals surface area contributed by atoms with Crippen molar-refractivity contribution in [2.24, 2.45) is 0 Å². The molecular weight excluding hydrogens is 255 g/mol. The highest BCUT2D eigenvalue weighted by molar-refractivity contribution is 5.46. The Labute approximate surface area is 119 Å². The lowest BCUT2D eigenvalue weighted by Crippen LogP contribution is -2.21. The van der Waals surface area contributed by atoms with E-state index in [4.69, 9.17) is 4.42 Å². The smallest absolute Gasteiger partial charge is 0.123 e. The minimum atomic E-state index is -0.212. The molecular formula is C16H21FN2O. The van der Waals surface area contributed by atoms with E-state index in [1.807, 2.05) is 12.1 Å². The Kier molecular flexibility index (Phi) is 5.18. The highest BCUT2D eigenvalue weighted by atomic mass is 19.1. The number of rotatable bonds is 7. The zero-order valence-electron chi connectivity index (χ0n) is 12.0. The van der Waals surface area contributed by atoms with Gasteiger partial charge >= 0.3 is 0 Å². The Morgan fingerprint density at radius 2 is 1.75 bits per heavy atom. The van der Waals surface area contributed by atoms with Gasteiger partial charge in [-0.3, -0.25) is 0 Å². The van der Waals surface area contributed by atoms with Crippen LogP contribution in [0.1, 0.15) is 25.4 Å². The minimum Gasteiger partial charge on any atom is -0.463 e. The average Bonchev–Trinajstić information content (AvgIpc) is 2.91. The molecule has 1 aromatic heterocycles. The van der Waals surface area contributed by atoms with E-state index in [0.29, 0.717) is 6.54 Å². The van der Waals surface area contributed by atoms with Crippen LogP contribution in [0.2, 0.25) is 0 Å². The molecule has 0 fully saturated rings. The van der Waals surface area contributed by atoms with Crippen LogP contribution >= 0.6 is 0 Å². The van der Waals surface area contributed by atoms with Crippen molar-refractivity contribution >= 4 is 5.69 Å². The van der Waals surface area contributed by atoms with E-state index in [1.165, 1.54) is 12.1 Å². The quantitative estimate of drug-likeness (QED) is 0.838. The van der Waals surface area contributed by atoms with Crippen molar-refractivity contribution in [2.45, 2.75) is 26.9 Å². The van der Waals surface area contributed by atoms with E-state index in [9.17, 15) is 4.39 Å². The first-order chi connectivity index (χ1) is 9.72. The van der Waals surface area contributed by atoms with Crippen molar-refractivity contribution in [3.05, 3.63) is 53.7 Å². The van der Waals surface area contributed by atoms with Gasteiger partial charge < -0.3 is 14.6 Å². The van der Waals surface area contributed by atoms with Crippen LogP contribution in [0.4, 0.5) is 10.1 Å². The van der Waals surface area contributed by atoms with Gasteiger partial charge in [0.2, 0.25) is 0 Å². The van der Waals surface area contributed by atoms with Crippen LogP contribution < -0.4 is 10.2 Å². The zero-order valence-corrected chi connectivity index (χ0v) is 12.0. The largest absolute Gasteiger partial charge is 0.463 e. The van der Waals surface area contributed by atoms with Gasteiger partial charge in [0.25, 0.3) is 0 Å². The second-order valence-electron chi connectivity index (χ2n) is 4.64. The summed E-state index contributed by atoms with van der Waals surface area (Å²) in [5, 5.41) is 3.23. The Balaban J connectivity index is 2.02. The summed E-state index contributed by atoms with van der Waals surface area (Å²) >= 11 is 0. The van der Waals surface area contributed by atoms with Gasteiger partial charge in [0.1, 0.15) is 17.3 Å². The van der Waals surface area contributed by atoms with Gasteiger partial charge in [0, 0.05) is 12.2 Å². The first-order valence-corrected chi connectivity index (χ1v) is 7.01. The number of hydrogen-bond acceptors (Lipinski definition) is 3. The van der Waals surface area contributed by atoms with Crippen LogP contribution in [0, 0.1) is 5.82 Å². The van der Waals surface area contributed by atoms with E-state index in [2.05, 4.69) is 24.1 Å². The summed E-state index contributed by atoms with van der Waals surface area (Å²) in [6.07, 6.45) is 0. The fourth-order valence-electron chi connectivity index (χ4n) is 2.08. The Morgan fingerprint density at radius 1 is 1.05 bits per heavy atom. The molecule has 0 bridgehead atoms. The summed E-state index contributed by atoms with van der Waals surface area (Å²) in [6.45, 7) is 7.35. The first kappa shape index (κ1) is 14.6. The number of halogens is 1. The van der Waals surface area contributed by atoms with E-state index in [0.717, 1.165) is 36.8 Å². The third kappa shape index (κ3) is 3.84. The summed E-state index contributed by atoms with van der Waals surface area (Å²) in [4.78, 5) is 2.15. The monoisotopic (exact) mass is 276 g/mol. The number of anilines is 1. The van der Waals surface area contributed by atoms with Crippen molar-refractivity contribution < 1.29 is 8.81 Å². The topological polar surface area (TPSA) is 28.4 Å². The molecule has 1 N–H and O–H groups in total. The molecule has 0 radical (unpaired) electrons. The van der Waals surface area contributed by atoms with Gasteiger partial charge in [-0.1, -0.05) is 6.92 Å². The summed E-state index contributed by atoms with van der Waals surface area (Å²) in [6, 6.07) is 10.5. The Bertz CT molecular complexity index is 522. The maximum absolute atomic E-state index is 13.0. The molecule has 20 heavy (non-hydrogen) atoms. The van der Waals surface area contributed by atoms with Gasteiger partial charge in [0.05, 0.1) is 13.1 Å². The minimum absolute atomic E-state index is 0.212. The molecule has 108 valence electrons. The first-order valence-electron chi connectivity index (χ1n) is 7.01. The molecule has 0 atom stereocenters. The number of furan rings is 1. The maximum atomic E-state index is 13.0. The summed E-state index contributed by atoms with van der Waals surface area (Å²) in [5.74, 6) is 1.65. The van der Waals surface area contributed by atoms with E-state index >= 15 is 0 Å². The van der Waals surface area contributed by atoms with Crippen LogP contribution in [0.15, 0.2) is 40.8 Å². The summed E-state index contributed by atoms with van der Waals surface area (Å²) in [5.41, 5.74) is 0.999. The predicted molar refractivity (Wildman–Crippen MR) is 79.2 cm³/mol. The molecule has 2 rings (SSSR count). The molecule has 0 saturated heterocycles. The maximum Gasteiger partial charge on any atom is 0.123 e. The second kappa shape index (κ2) is 7.10. The molecule has 0 saturated carbocycles. The highest BCUT2D eigenvalue weighted by Crippen LogP contribution is 2.18. The third-order valence-corrected chi connectivity index (χ3v) is 3.19. The fraction of sp³-hybridized carbons (Fsp3) is 0.375. The fourth-order valence-corrected chi connectivity index (χ4v) is 2.08. The van der Waals surface area contributed by atoms with E-state index in [-0.39, 0.29) is 5.82 Å². The van der Waals surface area contributed by atoms with Crippen LogP contribution in [-0.4, -0.2) is 13.1 Å². The Hall–Kier alpha value is -1.81. The van der Waals surface area contributed by atoms with Gasteiger partial charge in [-0.15, -0.1) is 0 Å². The molecule has 0 aliphatic carbocycles. The van der Waals surface area contributed by atoms with Crippen LogP contribution in [0.5, 0.6) is 0 Å². The summed E-state index contributed by atoms with van der Waals surface area (Å²) in [7, 11) is 0. The van der Waals surface area contributed by atoms with Crippen molar-refractivity contribution in [3.63, 3.8) is 0 Å². The molecule has 0 aliphatic rings. The second-order valence-corrected chi connectivity index (χ2v) is 4.64. The van der Waals surface area contributed by atoms with Crippen LogP contribution in [0.25, 0.3) is 0 Å². The van der Waals surface area contributed by atoms with Crippen LogP contribution in [-0.2, 0) is 13.1 Å². The Morgan fingerprint density at radius 3 is 2.40 bits per heavy atom. The lowest BCUT2D eigenvalue weighted by atomic mass is 10.2. The lowest BCUT2D eigenvalue weighted by Gasteiger charge is -2.21. The van der Waals surface area contributed by atoms with Gasteiger partial charge in [-0.2, -0.15) is 0 Å². The highest BCUT2D eigenvalue weighted by Gasteiger charge is 2.09. The van der Waals surface area contributed by atoms with Gasteiger partial charge in [-0.25, -0.2) is 4.39 Å². The van der Waals surface area contributed by atoms with Gasteiger partial charge in [0.15, 0.2) is 0 Å². The number of nitrogens with one attached hydrogen (secondary N) is 1. The van der Waals surface area contributed by atoms with Gasteiger partial charge in [-0.05, 0) is 49.9 Å². The standard InChI is InChI=1S/C16H21FN2O/c1-3-18-11-15-9-10-16(20-15)12-19(4-2)14-7-5-13(17)6-8-14/h5-10,18H,3-4,11-12H2,1-2H3. The molecule has 0 aliphatic heterocycles. The molecule has 0 unspecified atom stereocenters. The third-order valence-electron chi connectivity index (χ3n) is 3.19. The van der Waals surface area contributed by atoms with E-state index < -0.39 is 0 Å².